The van der Waals surface area contributed by atoms with Crippen molar-refractivity contribution in [1.82, 2.24) is 19.7 Å². The van der Waals surface area contributed by atoms with Crippen molar-refractivity contribution in [2.45, 2.75) is 0 Å². The molecule has 2 aromatic heterocycles. The van der Waals surface area contributed by atoms with E-state index in [0.29, 0.717) is 38.8 Å². The van der Waals surface area contributed by atoms with Gasteiger partial charge in [-0.15, -0.1) is 0 Å². The van der Waals surface area contributed by atoms with Gasteiger partial charge >= 0.3 is 0 Å². The second kappa shape index (κ2) is 10.5. The van der Waals surface area contributed by atoms with Crippen molar-refractivity contribution in [1.29, 1.82) is 0 Å². The summed E-state index contributed by atoms with van der Waals surface area (Å²) >= 11 is 19.2. The van der Waals surface area contributed by atoms with E-state index < -0.39 is 0 Å². The Morgan fingerprint density at radius 3 is 2.31 bits per heavy atom. The molecule has 5 rings (SSSR count). The zero-order chi connectivity index (χ0) is 25.2. The average molecular weight is 538 g/mol. The maximum atomic E-state index is 6.71. The molecule has 0 aliphatic heterocycles. The molecule has 3 aromatic carbocycles. The topological polar surface area (TPSA) is 43.2 Å². The number of benzene rings is 3. The normalized spacial score (nSPS) is 11.4. The first-order valence-corrected chi connectivity index (χ1v) is 12.5. The van der Waals surface area contributed by atoms with Gasteiger partial charge in [0, 0.05) is 22.2 Å². The number of likely N-dealkylation sites (N-methyl/N-ethyl adjacent to an activating group) is 1. The van der Waals surface area contributed by atoms with E-state index in [1.54, 1.807) is 18.3 Å². The molecule has 0 atom stereocenters. The molecule has 0 amide bonds. The molecule has 0 saturated heterocycles. The number of hydrogen-bond acceptors (Lipinski definition) is 4. The second-order valence-corrected chi connectivity index (χ2v) is 9.86. The average Bonchev–Trinajstić information content (AvgIpc) is 3.29. The van der Waals surface area contributed by atoms with E-state index in [-0.39, 0.29) is 0 Å². The molecule has 2 heterocycles. The highest BCUT2D eigenvalue weighted by atomic mass is 35.5. The van der Waals surface area contributed by atoms with Gasteiger partial charge in [-0.1, -0.05) is 65.1 Å². The SMILES string of the molecule is CN(C)CCOc1c(-c2ccc(Cl)cc2)c(-c2ccc(Cl)cc2Cl)nc2c1cnn2-c1ccccc1. The van der Waals surface area contributed by atoms with Crippen LogP contribution in [0.25, 0.3) is 39.1 Å². The van der Waals surface area contributed by atoms with Crippen LogP contribution in [0.1, 0.15) is 0 Å². The monoisotopic (exact) mass is 536 g/mol. The van der Waals surface area contributed by atoms with Crippen LogP contribution in [-0.2, 0) is 0 Å². The molecule has 0 spiro atoms. The van der Waals surface area contributed by atoms with Gasteiger partial charge in [0.25, 0.3) is 0 Å². The van der Waals surface area contributed by atoms with Crippen molar-refractivity contribution >= 4 is 45.8 Å². The van der Waals surface area contributed by atoms with Crippen molar-refractivity contribution in [2.75, 3.05) is 27.2 Å². The molecule has 0 N–H and O–H groups in total. The number of fused-ring (bicyclic) bond motifs is 1. The van der Waals surface area contributed by atoms with E-state index in [1.165, 1.54) is 0 Å². The van der Waals surface area contributed by atoms with Gasteiger partial charge in [0.15, 0.2) is 5.65 Å². The molecule has 0 saturated carbocycles. The number of pyridine rings is 1. The summed E-state index contributed by atoms with van der Waals surface area (Å²) in [6.45, 7) is 1.23. The Morgan fingerprint density at radius 2 is 1.61 bits per heavy atom. The van der Waals surface area contributed by atoms with Crippen LogP contribution in [0.15, 0.2) is 79.0 Å². The van der Waals surface area contributed by atoms with Crippen LogP contribution < -0.4 is 4.74 Å². The highest BCUT2D eigenvalue weighted by Crippen LogP contribution is 2.45. The van der Waals surface area contributed by atoms with Gasteiger partial charge in [0.05, 0.1) is 33.6 Å². The number of rotatable bonds is 7. The Labute approximate surface area is 224 Å². The fourth-order valence-corrected chi connectivity index (χ4v) is 4.64. The Morgan fingerprint density at radius 1 is 0.889 bits per heavy atom. The van der Waals surface area contributed by atoms with Crippen LogP contribution in [0.5, 0.6) is 5.75 Å². The number of hydrogen-bond donors (Lipinski definition) is 0. The standard InChI is InChI=1S/C28H23Cl3N4O/c1-34(2)14-15-36-27-23-17-32-35(21-6-4-3-5-7-21)28(23)33-26(22-13-12-20(30)16-24(22)31)25(27)18-8-10-19(29)11-9-18/h3-13,16-17H,14-15H2,1-2H3. The van der Waals surface area contributed by atoms with Crippen molar-refractivity contribution in [3.8, 4) is 33.8 Å². The molecule has 8 heteroatoms. The molecule has 0 radical (unpaired) electrons. The maximum Gasteiger partial charge on any atom is 0.167 e. The smallest absolute Gasteiger partial charge is 0.167 e. The second-order valence-electron chi connectivity index (χ2n) is 8.58. The molecule has 5 aromatic rings. The van der Waals surface area contributed by atoms with E-state index in [0.717, 1.165) is 34.3 Å². The van der Waals surface area contributed by atoms with Gasteiger partial charge in [-0.05, 0) is 62.1 Å². The van der Waals surface area contributed by atoms with Crippen molar-refractivity contribution in [3.05, 3.63) is 94.1 Å². The van der Waals surface area contributed by atoms with Crippen LogP contribution in [0.3, 0.4) is 0 Å². The molecular weight excluding hydrogens is 515 g/mol. The lowest BCUT2D eigenvalue weighted by atomic mass is 9.97. The quantitative estimate of drug-likeness (QED) is 0.214. The zero-order valence-corrected chi connectivity index (χ0v) is 22.0. The summed E-state index contributed by atoms with van der Waals surface area (Å²) in [5, 5.41) is 7.17. The number of para-hydroxylation sites is 1. The van der Waals surface area contributed by atoms with Crippen molar-refractivity contribution in [3.63, 3.8) is 0 Å². The molecule has 36 heavy (non-hydrogen) atoms. The molecule has 182 valence electrons. The summed E-state index contributed by atoms with van der Waals surface area (Å²) in [4.78, 5) is 7.20. The minimum absolute atomic E-state index is 0.483. The van der Waals surface area contributed by atoms with Gasteiger partial charge in [-0.3, -0.25) is 0 Å². The minimum Gasteiger partial charge on any atom is -0.491 e. The first kappa shape index (κ1) is 24.6. The Bertz CT molecular complexity index is 1520. The first-order valence-electron chi connectivity index (χ1n) is 11.4. The Kier molecular flexibility index (Phi) is 7.17. The van der Waals surface area contributed by atoms with Gasteiger partial charge in [0.2, 0.25) is 0 Å². The summed E-state index contributed by atoms with van der Waals surface area (Å²) in [6.07, 6.45) is 1.80. The van der Waals surface area contributed by atoms with E-state index in [9.17, 15) is 0 Å². The fraction of sp³-hybridized carbons (Fsp3) is 0.143. The number of ether oxygens (including phenoxy) is 1. The summed E-state index contributed by atoms with van der Waals surface area (Å²) < 4.78 is 8.30. The Hall–Kier alpha value is -3.09. The molecular formula is C28H23Cl3N4O. The van der Waals surface area contributed by atoms with E-state index >= 15 is 0 Å². The predicted molar refractivity (Wildman–Crippen MR) is 149 cm³/mol. The third-order valence-electron chi connectivity index (χ3n) is 5.77. The van der Waals surface area contributed by atoms with Crippen LogP contribution in [0, 0.1) is 0 Å². The molecule has 0 aliphatic carbocycles. The fourth-order valence-electron chi connectivity index (χ4n) is 4.01. The highest BCUT2D eigenvalue weighted by Gasteiger charge is 2.24. The van der Waals surface area contributed by atoms with Gasteiger partial charge in [-0.25, -0.2) is 9.67 Å². The van der Waals surface area contributed by atoms with E-state index in [2.05, 4.69) is 10.00 Å². The van der Waals surface area contributed by atoms with Crippen molar-refractivity contribution in [2.24, 2.45) is 0 Å². The molecule has 0 unspecified atom stereocenters. The van der Waals surface area contributed by atoms with Crippen LogP contribution >= 0.6 is 34.8 Å². The maximum absolute atomic E-state index is 6.71. The largest absolute Gasteiger partial charge is 0.491 e. The summed E-state index contributed by atoms with van der Waals surface area (Å²) in [6, 6.07) is 22.9. The van der Waals surface area contributed by atoms with E-state index in [1.807, 2.05) is 79.4 Å². The van der Waals surface area contributed by atoms with Gasteiger partial charge in [0.1, 0.15) is 12.4 Å². The lowest BCUT2D eigenvalue weighted by Gasteiger charge is -2.19. The van der Waals surface area contributed by atoms with Gasteiger partial charge in [-0.2, -0.15) is 5.10 Å². The molecule has 0 fully saturated rings. The third-order valence-corrected chi connectivity index (χ3v) is 6.57. The molecule has 0 bridgehead atoms. The third kappa shape index (κ3) is 4.93. The van der Waals surface area contributed by atoms with E-state index in [4.69, 9.17) is 44.5 Å². The van der Waals surface area contributed by atoms with Gasteiger partial charge < -0.3 is 9.64 Å². The van der Waals surface area contributed by atoms with Crippen LogP contribution in [0.2, 0.25) is 15.1 Å². The highest BCUT2D eigenvalue weighted by molar-refractivity contribution is 6.36. The summed E-state index contributed by atoms with van der Waals surface area (Å²) in [7, 11) is 4.02. The summed E-state index contributed by atoms with van der Waals surface area (Å²) in [5.74, 6) is 0.687. The first-order chi connectivity index (χ1) is 17.4. The Balaban J connectivity index is 1.84. The number of halogens is 3. The lowest BCUT2D eigenvalue weighted by molar-refractivity contribution is 0.264. The zero-order valence-electron chi connectivity index (χ0n) is 19.8. The number of aromatic nitrogens is 3. The minimum atomic E-state index is 0.483. The van der Waals surface area contributed by atoms with Crippen LogP contribution in [-0.4, -0.2) is 46.9 Å². The van der Waals surface area contributed by atoms with Crippen LogP contribution in [0.4, 0.5) is 0 Å². The molecule has 5 nitrogen and oxygen atoms in total. The molecule has 0 aliphatic rings. The number of nitrogens with zero attached hydrogens (tertiary/aromatic N) is 4. The lowest BCUT2D eigenvalue weighted by Crippen LogP contribution is -2.19. The van der Waals surface area contributed by atoms with Crippen molar-refractivity contribution < 1.29 is 4.74 Å². The predicted octanol–water partition coefficient (Wildman–Crippen LogP) is 7.66. The summed E-state index contributed by atoms with van der Waals surface area (Å²) in [5.41, 5.74) is 4.69.